The number of hydrogen-bond donors (Lipinski definition) is 2. The highest BCUT2D eigenvalue weighted by atomic mass is 35.5. The van der Waals surface area contributed by atoms with Crippen molar-refractivity contribution >= 4 is 40.6 Å². The van der Waals surface area contributed by atoms with E-state index in [0.717, 1.165) is 0 Å². The van der Waals surface area contributed by atoms with Crippen LogP contribution in [0.2, 0.25) is 10.0 Å². The molecule has 0 aliphatic carbocycles. The maximum atomic E-state index is 13.7. The number of rotatable bonds is 4. The van der Waals surface area contributed by atoms with E-state index in [9.17, 15) is 9.18 Å². The third-order valence-corrected chi connectivity index (χ3v) is 3.24. The first-order chi connectivity index (χ1) is 10.0. The lowest BCUT2D eigenvalue weighted by Crippen LogP contribution is -2.16. The van der Waals surface area contributed by atoms with Crippen molar-refractivity contribution in [3.63, 3.8) is 0 Å². The monoisotopic (exact) mass is 327 g/mol. The molecule has 1 aromatic heterocycles. The van der Waals surface area contributed by atoms with Crippen LogP contribution in [0.1, 0.15) is 17.4 Å². The Kier molecular flexibility index (Phi) is 4.98. The number of halogens is 3. The molecule has 1 aromatic carbocycles. The number of hydrogen-bond acceptors (Lipinski definition) is 3. The first-order valence-electron chi connectivity index (χ1n) is 6.18. The molecular weight excluding hydrogens is 316 g/mol. The van der Waals surface area contributed by atoms with Crippen LogP contribution in [0, 0.1) is 5.82 Å². The fourth-order valence-corrected chi connectivity index (χ4v) is 2.07. The average Bonchev–Trinajstić information content (AvgIpc) is 2.45. The van der Waals surface area contributed by atoms with Gasteiger partial charge in [0.15, 0.2) is 0 Å². The number of pyridine rings is 1. The van der Waals surface area contributed by atoms with Crippen LogP contribution in [0.25, 0.3) is 0 Å². The molecule has 1 amide bonds. The van der Waals surface area contributed by atoms with Crippen LogP contribution in [0.3, 0.4) is 0 Å². The van der Waals surface area contributed by atoms with Crippen molar-refractivity contribution in [2.45, 2.75) is 6.92 Å². The van der Waals surface area contributed by atoms with Crippen molar-refractivity contribution in [3.8, 4) is 0 Å². The zero-order chi connectivity index (χ0) is 15.4. The minimum atomic E-state index is -0.633. The molecule has 7 heteroatoms. The summed E-state index contributed by atoms with van der Waals surface area (Å²) in [6, 6.07) is 7.32. The molecule has 0 unspecified atom stereocenters. The van der Waals surface area contributed by atoms with E-state index in [1.165, 1.54) is 18.2 Å². The molecule has 2 N–H and O–H groups in total. The highest BCUT2D eigenvalue weighted by molar-refractivity contribution is 6.35. The van der Waals surface area contributed by atoms with Gasteiger partial charge in [-0.25, -0.2) is 9.37 Å². The smallest absolute Gasteiger partial charge is 0.276 e. The molecule has 0 saturated carbocycles. The van der Waals surface area contributed by atoms with Gasteiger partial charge in [-0.05, 0) is 31.2 Å². The van der Waals surface area contributed by atoms with Gasteiger partial charge in [-0.1, -0.05) is 29.3 Å². The van der Waals surface area contributed by atoms with E-state index in [1.54, 1.807) is 12.1 Å². The standard InChI is InChI=1S/C14H12Cl2FN3O/c1-2-18-11-7-6-9(16)13(19-11)14(21)20-12-8(15)4-3-5-10(12)17/h3-7H,2H2,1H3,(H,18,19)(H,20,21). The van der Waals surface area contributed by atoms with E-state index < -0.39 is 11.7 Å². The van der Waals surface area contributed by atoms with E-state index in [2.05, 4.69) is 15.6 Å². The fraction of sp³-hybridized carbons (Fsp3) is 0.143. The molecule has 0 aliphatic rings. The molecular formula is C14H12Cl2FN3O. The van der Waals surface area contributed by atoms with Gasteiger partial charge < -0.3 is 10.6 Å². The first-order valence-corrected chi connectivity index (χ1v) is 6.94. The maximum Gasteiger partial charge on any atom is 0.276 e. The molecule has 0 aliphatic heterocycles. The average molecular weight is 328 g/mol. The zero-order valence-electron chi connectivity index (χ0n) is 11.1. The number of aromatic nitrogens is 1. The summed E-state index contributed by atoms with van der Waals surface area (Å²) in [7, 11) is 0. The van der Waals surface area contributed by atoms with Gasteiger partial charge in [0.2, 0.25) is 0 Å². The van der Waals surface area contributed by atoms with Crippen LogP contribution in [0.4, 0.5) is 15.9 Å². The topological polar surface area (TPSA) is 54.0 Å². The second kappa shape index (κ2) is 6.74. The summed E-state index contributed by atoms with van der Waals surface area (Å²) in [6.45, 7) is 2.55. The van der Waals surface area contributed by atoms with Gasteiger partial charge in [0.25, 0.3) is 5.91 Å². The van der Waals surface area contributed by atoms with Crippen molar-refractivity contribution in [1.29, 1.82) is 0 Å². The van der Waals surface area contributed by atoms with Crippen molar-refractivity contribution in [2.75, 3.05) is 17.2 Å². The van der Waals surface area contributed by atoms with Gasteiger partial charge >= 0.3 is 0 Å². The first kappa shape index (κ1) is 15.5. The number of benzene rings is 1. The Labute approximate surface area is 131 Å². The van der Waals surface area contributed by atoms with Crippen LogP contribution in [-0.4, -0.2) is 17.4 Å². The minimum absolute atomic E-state index is 0.00515. The second-order valence-electron chi connectivity index (χ2n) is 4.11. The summed E-state index contributed by atoms with van der Waals surface area (Å²) in [6.07, 6.45) is 0. The third-order valence-electron chi connectivity index (χ3n) is 2.62. The molecule has 0 spiro atoms. The number of carbonyl (C=O) groups is 1. The molecule has 1 heterocycles. The molecule has 2 rings (SSSR count). The molecule has 0 saturated heterocycles. The highest BCUT2D eigenvalue weighted by Crippen LogP contribution is 2.26. The summed E-state index contributed by atoms with van der Waals surface area (Å²) in [5, 5.41) is 5.62. The molecule has 21 heavy (non-hydrogen) atoms. The van der Waals surface area contributed by atoms with E-state index in [1.807, 2.05) is 6.92 Å². The largest absolute Gasteiger partial charge is 0.370 e. The van der Waals surface area contributed by atoms with Crippen LogP contribution >= 0.6 is 23.2 Å². The number of nitrogens with zero attached hydrogens (tertiary/aromatic N) is 1. The van der Waals surface area contributed by atoms with Gasteiger partial charge in [-0.2, -0.15) is 0 Å². The van der Waals surface area contributed by atoms with Gasteiger partial charge in [0, 0.05) is 6.54 Å². The van der Waals surface area contributed by atoms with Crippen LogP contribution in [-0.2, 0) is 0 Å². The fourth-order valence-electron chi connectivity index (χ4n) is 1.67. The lowest BCUT2D eigenvalue weighted by atomic mass is 10.2. The maximum absolute atomic E-state index is 13.7. The van der Waals surface area contributed by atoms with E-state index in [-0.39, 0.29) is 21.4 Å². The number of anilines is 2. The Morgan fingerprint density at radius 3 is 2.67 bits per heavy atom. The lowest BCUT2D eigenvalue weighted by Gasteiger charge is -2.10. The summed E-state index contributed by atoms with van der Waals surface area (Å²) >= 11 is 11.8. The van der Waals surface area contributed by atoms with Gasteiger partial charge in [-0.15, -0.1) is 0 Å². The molecule has 0 radical (unpaired) electrons. The van der Waals surface area contributed by atoms with Crippen molar-refractivity contribution in [1.82, 2.24) is 4.98 Å². The number of para-hydroxylation sites is 1. The quantitative estimate of drug-likeness (QED) is 0.884. The Bertz CT molecular complexity index is 659. The van der Waals surface area contributed by atoms with E-state index >= 15 is 0 Å². The van der Waals surface area contributed by atoms with Crippen molar-refractivity contribution in [2.24, 2.45) is 0 Å². The van der Waals surface area contributed by atoms with Crippen LogP contribution < -0.4 is 10.6 Å². The Morgan fingerprint density at radius 2 is 2.00 bits per heavy atom. The molecule has 110 valence electrons. The van der Waals surface area contributed by atoms with Gasteiger partial charge in [-0.3, -0.25) is 4.79 Å². The molecule has 4 nitrogen and oxygen atoms in total. The highest BCUT2D eigenvalue weighted by Gasteiger charge is 2.16. The van der Waals surface area contributed by atoms with Gasteiger partial charge in [0.05, 0.1) is 15.7 Å². The van der Waals surface area contributed by atoms with Crippen LogP contribution in [0.15, 0.2) is 30.3 Å². The molecule has 0 fully saturated rings. The third kappa shape index (κ3) is 3.62. The minimum Gasteiger partial charge on any atom is -0.370 e. The van der Waals surface area contributed by atoms with E-state index in [4.69, 9.17) is 23.2 Å². The molecule has 2 aromatic rings. The summed E-state index contributed by atoms with van der Waals surface area (Å²) in [4.78, 5) is 16.3. The Hall–Kier alpha value is -1.85. The Balaban J connectivity index is 2.30. The van der Waals surface area contributed by atoms with Crippen molar-refractivity contribution < 1.29 is 9.18 Å². The summed E-state index contributed by atoms with van der Waals surface area (Å²) in [5.41, 5.74) is -0.106. The zero-order valence-corrected chi connectivity index (χ0v) is 12.6. The molecule has 0 atom stereocenters. The SMILES string of the molecule is CCNc1ccc(Cl)c(C(=O)Nc2c(F)cccc2Cl)n1. The molecule has 0 bridgehead atoms. The summed E-state index contributed by atoms with van der Waals surface area (Å²) < 4.78 is 13.7. The Morgan fingerprint density at radius 1 is 1.24 bits per heavy atom. The van der Waals surface area contributed by atoms with E-state index in [0.29, 0.717) is 12.4 Å². The predicted octanol–water partition coefficient (Wildman–Crippen LogP) is 4.21. The normalized spacial score (nSPS) is 10.3. The number of carbonyl (C=O) groups excluding carboxylic acids is 1. The predicted molar refractivity (Wildman–Crippen MR) is 82.8 cm³/mol. The van der Waals surface area contributed by atoms with Crippen molar-refractivity contribution in [3.05, 3.63) is 51.9 Å². The lowest BCUT2D eigenvalue weighted by molar-refractivity contribution is 0.102. The summed E-state index contributed by atoms with van der Waals surface area (Å²) in [5.74, 6) is -0.756. The second-order valence-corrected chi connectivity index (χ2v) is 4.92. The van der Waals surface area contributed by atoms with Crippen LogP contribution in [0.5, 0.6) is 0 Å². The van der Waals surface area contributed by atoms with Gasteiger partial charge in [0.1, 0.15) is 17.3 Å². The number of nitrogens with one attached hydrogen (secondary N) is 2. The number of amides is 1.